The van der Waals surface area contributed by atoms with Gasteiger partial charge >= 0.3 is 5.82 Å². The van der Waals surface area contributed by atoms with Gasteiger partial charge in [-0.2, -0.15) is 0 Å². The lowest BCUT2D eigenvalue weighted by molar-refractivity contribution is -0.388. The van der Waals surface area contributed by atoms with Crippen molar-refractivity contribution >= 4 is 17.2 Å². The first-order valence-corrected chi connectivity index (χ1v) is 3.86. The molecule has 0 aromatic carbocycles. The van der Waals surface area contributed by atoms with Gasteiger partial charge in [-0.05, 0) is 16.0 Å². The third kappa shape index (κ3) is 1.88. The van der Waals surface area contributed by atoms with Crippen molar-refractivity contribution in [2.75, 3.05) is 18.1 Å². The molecule has 7 nitrogen and oxygen atoms in total. The number of aromatic nitrogens is 1. The molecule has 1 heterocycles. The zero-order chi connectivity index (χ0) is 10.7. The Hall–Kier alpha value is -1.89. The Kier molecular flexibility index (Phi) is 2.82. The largest absolute Gasteiger partial charge is 0.396 e. The Morgan fingerprint density at radius 3 is 2.64 bits per heavy atom. The Balaban J connectivity index is 3.20. The predicted molar refractivity (Wildman–Crippen MR) is 50.5 cm³/mol. The van der Waals surface area contributed by atoms with Crippen LogP contribution in [0.15, 0.2) is 6.07 Å². The van der Waals surface area contributed by atoms with Crippen LogP contribution in [0.25, 0.3) is 0 Å². The number of hydrogen-bond donors (Lipinski definition) is 3. The molecule has 0 aliphatic carbocycles. The summed E-state index contributed by atoms with van der Waals surface area (Å²) in [5, 5.41) is 19.1. The van der Waals surface area contributed by atoms with E-state index in [1.807, 2.05) is 0 Å². The molecule has 5 N–H and O–H groups in total. The molecule has 1 aromatic rings. The molecule has 0 unspecified atom stereocenters. The van der Waals surface area contributed by atoms with Gasteiger partial charge in [0.05, 0.1) is 12.3 Å². The standard InChI is InChI=1S/C7H10N4O3/c8-4-3-5(9)7(11(13)14)10-6(4)1-2-12/h3,12H,1-2,8-9H2. The number of pyridine rings is 1. The van der Waals surface area contributed by atoms with Gasteiger partial charge in [0.15, 0.2) is 5.69 Å². The normalized spacial score (nSPS) is 10.1. The van der Waals surface area contributed by atoms with E-state index in [4.69, 9.17) is 16.6 Å². The monoisotopic (exact) mass is 198 g/mol. The highest BCUT2D eigenvalue weighted by Gasteiger charge is 2.18. The summed E-state index contributed by atoms with van der Waals surface area (Å²) in [6.07, 6.45) is 0.174. The lowest BCUT2D eigenvalue weighted by Gasteiger charge is -2.01. The van der Waals surface area contributed by atoms with Gasteiger partial charge in [0.1, 0.15) is 5.69 Å². The van der Waals surface area contributed by atoms with Crippen molar-refractivity contribution in [2.45, 2.75) is 6.42 Å². The van der Waals surface area contributed by atoms with Gasteiger partial charge in [-0.25, -0.2) is 0 Å². The Morgan fingerprint density at radius 2 is 2.14 bits per heavy atom. The van der Waals surface area contributed by atoms with E-state index in [0.717, 1.165) is 0 Å². The molecular weight excluding hydrogens is 188 g/mol. The fraction of sp³-hybridized carbons (Fsp3) is 0.286. The number of hydrogen-bond acceptors (Lipinski definition) is 6. The van der Waals surface area contributed by atoms with Gasteiger partial charge in [0.25, 0.3) is 0 Å². The number of nitrogen functional groups attached to an aromatic ring is 2. The van der Waals surface area contributed by atoms with Crippen LogP contribution >= 0.6 is 0 Å². The van der Waals surface area contributed by atoms with E-state index < -0.39 is 10.7 Å². The molecule has 0 aliphatic heterocycles. The fourth-order valence-corrected chi connectivity index (χ4v) is 1.02. The van der Waals surface area contributed by atoms with Crippen LogP contribution in [0.1, 0.15) is 5.69 Å². The van der Waals surface area contributed by atoms with E-state index >= 15 is 0 Å². The minimum Gasteiger partial charge on any atom is -0.396 e. The highest BCUT2D eigenvalue weighted by Crippen LogP contribution is 2.23. The number of anilines is 2. The topological polar surface area (TPSA) is 128 Å². The molecule has 0 aliphatic rings. The molecule has 7 heteroatoms. The summed E-state index contributed by atoms with van der Waals surface area (Å²) < 4.78 is 0. The first-order valence-electron chi connectivity index (χ1n) is 3.86. The summed E-state index contributed by atoms with van der Waals surface area (Å²) in [5.41, 5.74) is 11.3. The van der Waals surface area contributed by atoms with E-state index in [2.05, 4.69) is 4.98 Å². The highest BCUT2D eigenvalue weighted by molar-refractivity contribution is 5.62. The van der Waals surface area contributed by atoms with Gasteiger partial charge in [-0.3, -0.25) is 0 Å². The van der Waals surface area contributed by atoms with Gasteiger partial charge in [-0.15, -0.1) is 0 Å². The second-order valence-electron chi connectivity index (χ2n) is 2.67. The van der Waals surface area contributed by atoms with Crippen LogP contribution in [0.3, 0.4) is 0 Å². The zero-order valence-electron chi connectivity index (χ0n) is 7.30. The van der Waals surface area contributed by atoms with E-state index in [1.165, 1.54) is 6.07 Å². The molecule has 14 heavy (non-hydrogen) atoms. The van der Waals surface area contributed by atoms with Gasteiger partial charge in [0, 0.05) is 6.42 Å². The smallest absolute Gasteiger partial charge is 0.387 e. The zero-order valence-corrected chi connectivity index (χ0v) is 7.30. The van der Waals surface area contributed by atoms with Crippen molar-refractivity contribution in [1.29, 1.82) is 0 Å². The molecule has 76 valence electrons. The van der Waals surface area contributed by atoms with Crippen molar-refractivity contribution in [3.05, 3.63) is 21.9 Å². The van der Waals surface area contributed by atoms with Crippen LogP contribution in [-0.4, -0.2) is 21.6 Å². The van der Waals surface area contributed by atoms with Crippen LogP contribution in [0.4, 0.5) is 17.2 Å². The van der Waals surface area contributed by atoms with Crippen LogP contribution in [0.5, 0.6) is 0 Å². The Morgan fingerprint density at radius 1 is 1.50 bits per heavy atom. The minimum atomic E-state index is -0.685. The van der Waals surface area contributed by atoms with Gasteiger partial charge in [-0.1, -0.05) is 0 Å². The summed E-state index contributed by atoms with van der Waals surface area (Å²) in [6.45, 7) is -0.168. The Bertz CT molecular complexity index is 366. The number of aliphatic hydroxyl groups excluding tert-OH is 1. The number of nitrogens with two attached hydrogens (primary N) is 2. The van der Waals surface area contributed by atoms with Crippen LogP contribution in [-0.2, 0) is 6.42 Å². The molecule has 1 aromatic heterocycles. The van der Waals surface area contributed by atoms with E-state index in [9.17, 15) is 10.1 Å². The van der Waals surface area contributed by atoms with Crippen molar-refractivity contribution in [1.82, 2.24) is 4.98 Å². The van der Waals surface area contributed by atoms with Gasteiger partial charge in [0.2, 0.25) is 0 Å². The summed E-state index contributed by atoms with van der Waals surface area (Å²) in [7, 11) is 0. The maximum absolute atomic E-state index is 10.4. The lowest BCUT2D eigenvalue weighted by atomic mass is 10.2. The second-order valence-corrected chi connectivity index (χ2v) is 2.67. The molecule has 0 saturated heterocycles. The molecule has 0 bridgehead atoms. The highest BCUT2D eigenvalue weighted by atomic mass is 16.6. The maximum Gasteiger partial charge on any atom is 0.387 e. The van der Waals surface area contributed by atoms with Crippen molar-refractivity contribution in [3.8, 4) is 0 Å². The SMILES string of the molecule is Nc1cc(N)c([N+](=O)[O-])nc1CCO. The quantitative estimate of drug-likeness (QED) is 0.451. The molecule has 0 saturated carbocycles. The summed E-state index contributed by atoms with van der Waals surface area (Å²) in [6, 6.07) is 1.27. The molecule has 0 radical (unpaired) electrons. The number of aliphatic hydroxyl groups is 1. The fourth-order valence-electron chi connectivity index (χ4n) is 1.02. The number of rotatable bonds is 3. The average molecular weight is 198 g/mol. The van der Waals surface area contributed by atoms with Gasteiger partial charge < -0.3 is 26.7 Å². The second kappa shape index (κ2) is 3.88. The predicted octanol–water partition coefficient (Wildman–Crippen LogP) is -0.311. The van der Waals surface area contributed by atoms with Crippen molar-refractivity contribution in [3.63, 3.8) is 0 Å². The van der Waals surface area contributed by atoms with Crippen LogP contribution in [0.2, 0.25) is 0 Å². The summed E-state index contributed by atoms with van der Waals surface area (Å²) >= 11 is 0. The van der Waals surface area contributed by atoms with Crippen LogP contribution < -0.4 is 11.5 Å². The lowest BCUT2D eigenvalue weighted by Crippen LogP contribution is -2.06. The minimum absolute atomic E-state index is 0.0748. The molecule has 0 spiro atoms. The van der Waals surface area contributed by atoms with Crippen molar-refractivity contribution in [2.24, 2.45) is 0 Å². The third-order valence-electron chi connectivity index (χ3n) is 1.66. The molecule has 0 atom stereocenters. The molecular formula is C7H10N4O3. The maximum atomic E-state index is 10.4. The molecule has 0 fully saturated rings. The first kappa shape index (κ1) is 10.2. The molecule has 0 amide bonds. The third-order valence-corrected chi connectivity index (χ3v) is 1.66. The number of nitrogens with zero attached hydrogens (tertiary/aromatic N) is 2. The Labute approximate surface area is 79.5 Å². The van der Waals surface area contributed by atoms with E-state index in [-0.39, 0.29) is 30.1 Å². The first-order chi connectivity index (χ1) is 6.56. The summed E-state index contributed by atoms with van der Waals surface area (Å²) in [5.74, 6) is -0.428. The number of nitro groups is 1. The van der Waals surface area contributed by atoms with E-state index in [1.54, 1.807) is 0 Å². The summed E-state index contributed by atoms with van der Waals surface area (Å²) in [4.78, 5) is 13.4. The molecule has 1 rings (SSSR count). The van der Waals surface area contributed by atoms with Crippen molar-refractivity contribution < 1.29 is 10.0 Å². The van der Waals surface area contributed by atoms with Crippen LogP contribution in [0, 0.1) is 10.1 Å². The van der Waals surface area contributed by atoms with E-state index in [0.29, 0.717) is 0 Å². The average Bonchev–Trinajstić information content (AvgIpc) is 2.09.